The molecule has 0 aliphatic heterocycles. The topological polar surface area (TPSA) is 127 Å². The number of primary sulfonamides is 1. The van der Waals surface area contributed by atoms with Gasteiger partial charge in [-0.15, -0.1) is 0 Å². The van der Waals surface area contributed by atoms with Crippen molar-refractivity contribution in [3.8, 4) is 5.75 Å². The maximum Gasteiger partial charge on any atom is 0.241 e. The van der Waals surface area contributed by atoms with E-state index in [0.29, 0.717) is 5.56 Å². The number of aliphatic hydroxyl groups is 1. The van der Waals surface area contributed by atoms with E-state index in [4.69, 9.17) is 10.9 Å². The standard InChI is InChI=1S/C8H12N2O4S/c9-4-7(12)5-1-2-6(11)8(3-5)15(10,13)14/h1-3,7,11-12H,4,9H2,(H2,10,13,14). The zero-order valence-electron chi connectivity index (χ0n) is 7.79. The third kappa shape index (κ3) is 2.66. The summed E-state index contributed by atoms with van der Waals surface area (Å²) in [5, 5.41) is 23.5. The first kappa shape index (κ1) is 11.9. The van der Waals surface area contributed by atoms with Crippen molar-refractivity contribution >= 4 is 10.0 Å². The molecule has 6 N–H and O–H groups in total. The van der Waals surface area contributed by atoms with Crippen LogP contribution in [0.25, 0.3) is 0 Å². The maximum atomic E-state index is 11.0. The van der Waals surface area contributed by atoms with E-state index in [1.807, 2.05) is 0 Å². The van der Waals surface area contributed by atoms with E-state index in [2.05, 4.69) is 0 Å². The molecule has 0 amide bonds. The molecule has 0 saturated carbocycles. The molecule has 0 aromatic heterocycles. The van der Waals surface area contributed by atoms with E-state index in [-0.39, 0.29) is 6.54 Å². The molecule has 1 atom stereocenters. The van der Waals surface area contributed by atoms with Crippen LogP contribution in [0.3, 0.4) is 0 Å². The van der Waals surface area contributed by atoms with E-state index in [9.17, 15) is 18.6 Å². The summed E-state index contributed by atoms with van der Waals surface area (Å²) in [4.78, 5) is -0.424. The van der Waals surface area contributed by atoms with Crippen molar-refractivity contribution in [3.63, 3.8) is 0 Å². The van der Waals surface area contributed by atoms with Gasteiger partial charge in [0, 0.05) is 6.54 Å². The highest BCUT2D eigenvalue weighted by Gasteiger charge is 2.16. The smallest absolute Gasteiger partial charge is 0.241 e. The second-order valence-corrected chi connectivity index (χ2v) is 4.55. The number of aromatic hydroxyl groups is 1. The molecule has 15 heavy (non-hydrogen) atoms. The van der Waals surface area contributed by atoms with Gasteiger partial charge in [-0.25, -0.2) is 13.6 Å². The average Bonchev–Trinajstić information content (AvgIpc) is 2.15. The molecule has 0 bridgehead atoms. The van der Waals surface area contributed by atoms with Gasteiger partial charge in [-0.05, 0) is 17.7 Å². The van der Waals surface area contributed by atoms with Gasteiger partial charge in [0.05, 0.1) is 6.10 Å². The van der Waals surface area contributed by atoms with Crippen molar-refractivity contribution in [2.75, 3.05) is 6.54 Å². The van der Waals surface area contributed by atoms with Crippen LogP contribution >= 0.6 is 0 Å². The lowest BCUT2D eigenvalue weighted by Crippen LogP contribution is -2.15. The number of rotatable bonds is 3. The fourth-order valence-electron chi connectivity index (χ4n) is 1.10. The van der Waals surface area contributed by atoms with Crippen LogP contribution in [0.4, 0.5) is 0 Å². The number of phenolic OH excluding ortho intramolecular Hbond substituents is 1. The van der Waals surface area contributed by atoms with Crippen molar-refractivity contribution in [2.45, 2.75) is 11.0 Å². The molecule has 0 radical (unpaired) electrons. The van der Waals surface area contributed by atoms with Crippen molar-refractivity contribution in [3.05, 3.63) is 23.8 Å². The van der Waals surface area contributed by atoms with Crippen LogP contribution in [0, 0.1) is 0 Å². The van der Waals surface area contributed by atoms with Gasteiger partial charge in [-0.3, -0.25) is 0 Å². The summed E-state index contributed by atoms with van der Waals surface area (Å²) < 4.78 is 22.0. The summed E-state index contributed by atoms with van der Waals surface area (Å²) >= 11 is 0. The molecule has 0 aliphatic carbocycles. The molecular weight excluding hydrogens is 220 g/mol. The number of aliphatic hydroxyl groups excluding tert-OH is 1. The average molecular weight is 232 g/mol. The Hall–Kier alpha value is -1.15. The molecule has 1 rings (SSSR count). The highest BCUT2D eigenvalue weighted by molar-refractivity contribution is 7.89. The molecule has 1 aromatic rings. The van der Waals surface area contributed by atoms with E-state index in [1.54, 1.807) is 0 Å². The number of sulfonamides is 1. The van der Waals surface area contributed by atoms with E-state index in [0.717, 1.165) is 12.1 Å². The first-order chi connectivity index (χ1) is 6.86. The van der Waals surface area contributed by atoms with Gasteiger partial charge in [-0.1, -0.05) is 6.07 Å². The van der Waals surface area contributed by atoms with Crippen LogP contribution in [0.15, 0.2) is 23.1 Å². The first-order valence-corrected chi connectivity index (χ1v) is 5.64. The second-order valence-electron chi connectivity index (χ2n) is 3.02. The Labute approximate surface area is 87.2 Å². The van der Waals surface area contributed by atoms with Gasteiger partial charge in [-0.2, -0.15) is 0 Å². The predicted octanol–water partition coefficient (Wildman–Crippen LogP) is -0.968. The largest absolute Gasteiger partial charge is 0.507 e. The normalized spacial score (nSPS) is 13.8. The van der Waals surface area contributed by atoms with E-state index in [1.165, 1.54) is 6.07 Å². The summed E-state index contributed by atoms with van der Waals surface area (Å²) in [7, 11) is -4.00. The van der Waals surface area contributed by atoms with Gasteiger partial charge in [0.25, 0.3) is 0 Å². The first-order valence-electron chi connectivity index (χ1n) is 4.10. The summed E-state index contributed by atoms with van der Waals surface area (Å²) in [6, 6.07) is 3.62. The van der Waals surface area contributed by atoms with Crippen LogP contribution in [0.5, 0.6) is 5.75 Å². The lowest BCUT2D eigenvalue weighted by atomic mass is 10.1. The number of benzene rings is 1. The Morgan fingerprint density at radius 1 is 1.40 bits per heavy atom. The van der Waals surface area contributed by atoms with Crippen molar-refractivity contribution in [1.29, 1.82) is 0 Å². The highest BCUT2D eigenvalue weighted by atomic mass is 32.2. The molecule has 0 heterocycles. The van der Waals surface area contributed by atoms with E-state index < -0.39 is 26.8 Å². The molecule has 1 aromatic carbocycles. The van der Waals surface area contributed by atoms with Crippen LogP contribution in [-0.4, -0.2) is 25.2 Å². The van der Waals surface area contributed by atoms with Crippen LogP contribution in [-0.2, 0) is 10.0 Å². The summed E-state index contributed by atoms with van der Waals surface area (Å²) in [6.07, 6.45) is -0.980. The fraction of sp³-hybridized carbons (Fsp3) is 0.250. The molecular formula is C8H12N2O4S. The van der Waals surface area contributed by atoms with Crippen LogP contribution in [0.2, 0.25) is 0 Å². The number of phenols is 1. The minimum atomic E-state index is -4.00. The Morgan fingerprint density at radius 3 is 2.47 bits per heavy atom. The number of nitrogens with two attached hydrogens (primary N) is 2. The lowest BCUT2D eigenvalue weighted by molar-refractivity contribution is 0.186. The van der Waals surface area contributed by atoms with Gasteiger partial charge >= 0.3 is 0 Å². The van der Waals surface area contributed by atoms with Gasteiger partial charge < -0.3 is 15.9 Å². The zero-order chi connectivity index (χ0) is 11.6. The molecule has 1 unspecified atom stereocenters. The summed E-state index contributed by atoms with van der Waals surface area (Å²) in [5.41, 5.74) is 5.50. The SMILES string of the molecule is NCC(O)c1ccc(O)c(S(N)(=O)=O)c1. The zero-order valence-corrected chi connectivity index (χ0v) is 8.61. The van der Waals surface area contributed by atoms with Crippen molar-refractivity contribution in [2.24, 2.45) is 10.9 Å². The molecule has 84 valence electrons. The third-order valence-electron chi connectivity index (χ3n) is 1.90. The van der Waals surface area contributed by atoms with Crippen LogP contribution in [0.1, 0.15) is 11.7 Å². The predicted molar refractivity (Wildman–Crippen MR) is 53.5 cm³/mol. The third-order valence-corrected chi connectivity index (χ3v) is 2.84. The quantitative estimate of drug-likeness (QED) is 0.533. The van der Waals surface area contributed by atoms with Crippen molar-refractivity contribution < 1.29 is 18.6 Å². The van der Waals surface area contributed by atoms with Gasteiger partial charge in [0.2, 0.25) is 10.0 Å². The lowest BCUT2D eigenvalue weighted by Gasteiger charge is -2.10. The molecule has 0 fully saturated rings. The molecule has 0 saturated heterocycles. The Kier molecular flexibility index (Phi) is 3.30. The second kappa shape index (κ2) is 4.15. The Morgan fingerprint density at radius 2 is 2.00 bits per heavy atom. The fourth-order valence-corrected chi connectivity index (χ4v) is 1.76. The van der Waals surface area contributed by atoms with E-state index >= 15 is 0 Å². The molecule has 0 aliphatic rings. The minimum absolute atomic E-state index is 0.0468. The highest BCUT2D eigenvalue weighted by Crippen LogP contribution is 2.25. The Bertz CT molecular complexity index is 458. The molecule has 0 spiro atoms. The summed E-state index contributed by atoms with van der Waals surface area (Å²) in [6.45, 7) is -0.0468. The minimum Gasteiger partial charge on any atom is -0.507 e. The van der Waals surface area contributed by atoms with Gasteiger partial charge in [0.15, 0.2) is 0 Å². The molecule has 7 heteroatoms. The molecule has 6 nitrogen and oxygen atoms in total. The Balaban J connectivity index is 3.29. The van der Waals surface area contributed by atoms with Gasteiger partial charge in [0.1, 0.15) is 10.6 Å². The monoisotopic (exact) mass is 232 g/mol. The number of hydrogen-bond donors (Lipinski definition) is 4. The number of hydrogen-bond acceptors (Lipinski definition) is 5. The summed E-state index contributed by atoms with van der Waals surface area (Å²) in [5.74, 6) is -0.453. The maximum absolute atomic E-state index is 11.0. The van der Waals surface area contributed by atoms with Crippen molar-refractivity contribution in [1.82, 2.24) is 0 Å². The van der Waals surface area contributed by atoms with Crippen LogP contribution < -0.4 is 10.9 Å².